The molecule has 0 aliphatic rings. The van der Waals surface area contributed by atoms with Crippen LogP contribution < -0.4 is 4.74 Å². The first kappa shape index (κ1) is 11.9. The van der Waals surface area contributed by atoms with Gasteiger partial charge < -0.3 is 4.74 Å². The Hall–Kier alpha value is -2.20. The van der Waals surface area contributed by atoms with Gasteiger partial charge in [0, 0.05) is 16.3 Å². The number of H-pyrrole nitrogens is 1. The van der Waals surface area contributed by atoms with Crippen LogP contribution in [-0.2, 0) is 0 Å². The van der Waals surface area contributed by atoms with Crippen molar-refractivity contribution in [1.29, 1.82) is 0 Å². The van der Waals surface area contributed by atoms with Crippen LogP contribution in [0, 0.1) is 4.64 Å². The second-order valence-electron chi connectivity index (χ2n) is 4.18. The number of methoxy groups -OCH3 is 1. The van der Waals surface area contributed by atoms with Gasteiger partial charge in [-0.3, -0.25) is 5.10 Å². The third-order valence-corrected chi connectivity index (χ3v) is 3.37. The molecular formula is C15H12N2OS. The first-order chi connectivity index (χ1) is 9.29. The zero-order valence-electron chi connectivity index (χ0n) is 10.4. The fourth-order valence-corrected chi connectivity index (χ4v) is 2.31. The number of fused-ring (bicyclic) bond motifs is 1. The minimum atomic E-state index is 0.660. The second kappa shape index (κ2) is 4.82. The number of benzene rings is 2. The molecule has 19 heavy (non-hydrogen) atoms. The number of ether oxygens (including phenoxy) is 1. The van der Waals surface area contributed by atoms with E-state index in [9.17, 15) is 0 Å². The maximum absolute atomic E-state index is 5.26. The SMILES string of the molecule is COc1ccc(-c2n[nH]c(=S)c3ccccc23)cc1. The molecule has 1 heterocycles. The summed E-state index contributed by atoms with van der Waals surface area (Å²) in [5, 5.41) is 9.33. The average Bonchev–Trinajstić information content (AvgIpc) is 2.48. The molecule has 3 nitrogen and oxygen atoms in total. The highest BCUT2D eigenvalue weighted by Crippen LogP contribution is 2.27. The van der Waals surface area contributed by atoms with Gasteiger partial charge in [-0.15, -0.1) is 0 Å². The molecule has 4 heteroatoms. The third-order valence-electron chi connectivity index (χ3n) is 3.06. The molecule has 2 aromatic carbocycles. The van der Waals surface area contributed by atoms with Crippen LogP contribution in [-0.4, -0.2) is 17.3 Å². The van der Waals surface area contributed by atoms with Crippen molar-refractivity contribution in [2.24, 2.45) is 0 Å². The predicted molar refractivity (Wildman–Crippen MR) is 78.9 cm³/mol. The zero-order chi connectivity index (χ0) is 13.2. The molecule has 94 valence electrons. The van der Waals surface area contributed by atoms with E-state index >= 15 is 0 Å². The molecule has 0 amide bonds. The number of rotatable bonds is 2. The predicted octanol–water partition coefficient (Wildman–Crippen LogP) is 3.97. The van der Waals surface area contributed by atoms with Gasteiger partial charge in [0.2, 0.25) is 0 Å². The smallest absolute Gasteiger partial charge is 0.127 e. The molecule has 0 atom stereocenters. The number of hydrogen-bond acceptors (Lipinski definition) is 3. The lowest BCUT2D eigenvalue weighted by Gasteiger charge is -2.06. The van der Waals surface area contributed by atoms with Gasteiger partial charge in [-0.25, -0.2) is 0 Å². The summed E-state index contributed by atoms with van der Waals surface area (Å²) < 4.78 is 5.83. The summed E-state index contributed by atoms with van der Waals surface area (Å²) in [6.07, 6.45) is 0. The Balaban J connectivity index is 2.24. The van der Waals surface area contributed by atoms with Gasteiger partial charge in [-0.1, -0.05) is 36.5 Å². The van der Waals surface area contributed by atoms with Crippen molar-refractivity contribution in [3.63, 3.8) is 0 Å². The average molecular weight is 268 g/mol. The fourth-order valence-electron chi connectivity index (χ4n) is 2.08. The molecule has 1 aromatic heterocycles. The van der Waals surface area contributed by atoms with E-state index in [0.717, 1.165) is 27.8 Å². The van der Waals surface area contributed by atoms with Crippen molar-refractivity contribution in [2.75, 3.05) is 7.11 Å². The maximum Gasteiger partial charge on any atom is 0.127 e. The van der Waals surface area contributed by atoms with E-state index in [1.54, 1.807) is 7.11 Å². The number of hydrogen-bond donors (Lipinski definition) is 1. The Morgan fingerprint density at radius 2 is 1.68 bits per heavy atom. The van der Waals surface area contributed by atoms with E-state index < -0.39 is 0 Å². The van der Waals surface area contributed by atoms with Crippen molar-refractivity contribution in [2.45, 2.75) is 0 Å². The van der Waals surface area contributed by atoms with E-state index in [2.05, 4.69) is 10.2 Å². The first-order valence-electron chi connectivity index (χ1n) is 5.91. The quantitative estimate of drug-likeness (QED) is 0.715. The van der Waals surface area contributed by atoms with Gasteiger partial charge in [0.25, 0.3) is 0 Å². The molecule has 0 bridgehead atoms. The lowest BCUT2D eigenvalue weighted by atomic mass is 10.1. The molecular weight excluding hydrogens is 256 g/mol. The summed E-state index contributed by atoms with van der Waals surface area (Å²) in [5.41, 5.74) is 1.93. The van der Waals surface area contributed by atoms with Crippen molar-refractivity contribution < 1.29 is 4.74 Å². The summed E-state index contributed by atoms with van der Waals surface area (Å²) in [4.78, 5) is 0. The van der Waals surface area contributed by atoms with Crippen molar-refractivity contribution >= 4 is 23.0 Å². The molecule has 0 spiro atoms. The van der Waals surface area contributed by atoms with Crippen molar-refractivity contribution in [3.05, 3.63) is 53.2 Å². The van der Waals surface area contributed by atoms with E-state index in [1.165, 1.54) is 0 Å². The molecule has 1 N–H and O–H groups in total. The van der Waals surface area contributed by atoms with Gasteiger partial charge >= 0.3 is 0 Å². The van der Waals surface area contributed by atoms with Crippen LogP contribution in [0.3, 0.4) is 0 Å². The van der Waals surface area contributed by atoms with Crippen LogP contribution in [0.15, 0.2) is 48.5 Å². The summed E-state index contributed by atoms with van der Waals surface area (Å²) in [5.74, 6) is 0.830. The molecule has 3 rings (SSSR count). The van der Waals surface area contributed by atoms with Crippen molar-refractivity contribution in [3.8, 4) is 17.0 Å². The minimum Gasteiger partial charge on any atom is -0.497 e. The maximum atomic E-state index is 5.26. The number of nitrogens with zero attached hydrogens (tertiary/aromatic N) is 1. The molecule has 3 aromatic rings. The standard InChI is InChI=1S/C15H12N2OS/c1-18-11-8-6-10(7-9-11)14-12-4-2-3-5-13(12)15(19)17-16-14/h2-9H,1H3,(H,17,19). The molecule has 0 aliphatic heterocycles. The van der Waals surface area contributed by atoms with Gasteiger partial charge in [0.05, 0.1) is 12.8 Å². The molecule has 0 saturated carbocycles. The van der Waals surface area contributed by atoms with Crippen LogP contribution in [0.1, 0.15) is 0 Å². The topological polar surface area (TPSA) is 37.9 Å². The summed E-state index contributed by atoms with van der Waals surface area (Å²) in [6.45, 7) is 0. The Labute approximate surface area is 115 Å². The lowest BCUT2D eigenvalue weighted by molar-refractivity contribution is 0.415. The Bertz CT molecular complexity index is 778. The molecule has 0 saturated heterocycles. The van der Waals surface area contributed by atoms with Crippen LogP contribution in [0.25, 0.3) is 22.0 Å². The lowest BCUT2D eigenvalue weighted by Crippen LogP contribution is -1.91. The van der Waals surface area contributed by atoms with Crippen LogP contribution >= 0.6 is 12.2 Å². The molecule has 0 radical (unpaired) electrons. The third kappa shape index (κ3) is 2.11. The van der Waals surface area contributed by atoms with E-state index in [0.29, 0.717) is 4.64 Å². The summed E-state index contributed by atoms with van der Waals surface area (Å²) in [6, 6.07) is 15.8. The summed E-state index contributed by atoms with van der Waals surface area (Å²) in [7, 11) is 1.66. The Morgan fingerprint density at radius 1 is 1.00 bits per heavy atom. The van der Waals surface area contributed by atoms with E-state index in [4.69, 9.17) is 17.0 Å². The van der Waals surface area contributed by atoms with Gasteiger partial charge in [-0.05, 0) is 24.3 Å². The van der Waals surface area contributed by atoms with Crippen LogP contribution in [0.5, 0.6) is 5.75 Å². The van der Waals surface area contributed by atoms with Crippen molar-refractivity contribution in [1.82, 2.24) is 10.2 Å². The number of aromatic nitrogens is 2. The first-order valence-corrected chi connectivity index (χ1v) is 6.32. The van der Waals surface area contributed by atoms with Gasteiger partial charge in [0.15, 0.2) is 0 Å². The number of aromatic amines is 1. The van der Waals surface area contributed by atoms with E-state index in [1.807, 2.05) is 48.5 Å². The fraction of sp³-hybridized carbons (Fsp3) is 0.0667. The Morgan fingerprint density at radius 3 is 2.37 bits per heavy atom. The largest absolute Gasteiger partial charge is 0.497 e. The van der Waals surface area contributed by atoms with Crippen LogP contribution in [0.4, 0.5) is 0 Å². The molecule has 0 unspecified atom stereocenters. The second-order valence-corrected chi connectivity index (χ2v) is 4.58. The minimum absolute atomic E-state index is 0.660. The van der Waals surface area contributed by atoms with Gasteiger partial charge in [-0.2, -0.15) is 5.10 Å². The molecule has 0 aliphatic carbocycles. The highest BCUT2D eigenvalue weighted by atomic mass is 32.1. The van der Waals surface area contributed by atoms with Gasteiger partial charge in [0.1, 0.15) is 10.4 Å². The normalized spacial score (nSPS) is 10.6. The monoisotopic (exact) mass is 268 g/mol. The highest BCUT2D eigenvalue weighted by molar-refractivity contribution is 7.71. The molecule has 0 fully saturated rings. The Kier molecular flexibility index (Phi) is 3.01. The van der Waals surface area contributed by atoms with Crippen LogP contribution in [0.2, 0.25) is 0 Å². The highest BCUT2D eigenvalue weighted by Gasteiger charge is 2.06. The van der Waals surface area contributed by atoms with E-state index in [-0.39, 0.29) is 0 Å². The number of nitrogens with one attached hydrogen (secondary N) is 1. The summed E-state index contributed by atoms with van der Waals surface area (Å²) >= 11 is 5.26. The zero-order valence-corrected chi connectivity index (χ0v) is 11.2.